The van der Waals surface area contributed by atoms with E-state index in [1.165, 1.54) is 0 Å². The molecule has 0 rings (SSSR count). The molecule has 54 valence electrons. The first-order valence-corrected chi connectivity index (χ1v) is 3.62. The van der Waals surface area contributed by atoms with E-state index in [9.17, 15) is 0 Å². The molecule has 0 saturated heterocycles. The van der Waals surface area contributed by atoms with Gasteiger partial charge in [0.25, 0.3) is 0 Å². The molecule has 0 aliphatic heterocycles. The lowest BCUT2D eigenvalue weighted by atomic mass is 10.1. The minimum absolute atomic E-state index is 0.282. The maximum Gasteiger partial charge on any atom is 0.0744 e. The monoisotopic (exact) mass is 148 g/mol. The number of hydrogen-bond acceptors (Lipinski definition) is 1. The fourth-order valence-electron chi connectivity index (χ4n) is 0.413. The highest BCUT2D eigenvalue weighted by Crippen LogP contribution is 2.01. The predicted molar refractivity (Wildman–Crippen MR) is 40.7 cm³/mol. The van der Waals surface area contributed by atoms with Crippen molar-refractivity contribution in [1.82, 2.24) is 0 Å². The summed E-state index contributed by atoms with van der Waals surface area (Å²) in [5, 5.41) is 9.11. The quantitative estimate of drug-likeness (QED) is 0.478. The zero-order valence-electron chi connectivity index (χ0n) is 5.84. The van der Waals surface area contributed by atoms with Crippen LogP contribution in [0.5, 0.6) is 0 Å². The molecule has 1 N–H and O–H groups in total. The van der Waals surface area contributed by atoms with Crippen molar-refractivity contribution < 1.29 is 5.11 Å². The van der Waals surface area contributed by atoms with Gasteiger partial charge in [-0.1, -0.05) is 26.0 Å². The summed E-state index contributed by atoms with van der Waals surface area (Å²) < 4.78 is 0. The second kappa shape index (κ2) is 4.83. The first-order chi connectivity index (χ1) is 4.18. The van der Waals surface area contributed by atoms with Crippen molar-refractivity contribution in [3.8, 4) is 0 Å². The molecule has 0 spiro atoms. The van der Waals surface area contributed by atoms with Crippen molar-refractivity contribution in [3.63, 3.8) is 0 Å². The summed E-state index contributed by atoms with van der Waals surface area (Å²) in [5.41, 5.74) is 0. The molecule has 0 heterocycles. The van der Waals surface area contributed by atoms with Crippen molar-refractivity contribution in [1.29, 1.82) is 0 Å². The van der Waals surface area contributed by atoms with Gasteiger partial charge >= 0.3 is 0 Å². The second-order valence-electron chi connectivity index (χ2n) is 2.32. The van der Waals surface area contributed by atoms with Crippen LogP contribution in [-0.2, 0) is 0 Å². The van der Waals surface area contributed by atoms with Gasteiger partial charge in [-0.2, -0.15) is 0 Å². The maximum absolute atomic E-state index is 9.11. The Balaban J connectivity index is 3.48. The Hall–Kier alpha value is -0.0100. The smallest absolute Gasteiger partial charge is 0.0744 e. The van der Waals surface area contributed by atoms with E-state index in [4.69, 9.17) is 16.7 Å². The standard InChI is InChI=1S/C7H13ClO/c1-6(2)7(9)4-3-5-8/h3-4,6-7,9H,5H2,1-2H3/b4-3-. The van der Waals surface area contributed by atoms with E-state index in [0.29, 0.717) is 5.88 Å². The molecule has 1 nitrogen and oxygen atoms in total. The molecule has 0 radical (unpaired) electrons. The molecule has 2 heteroatoms. The van der Waals surface area contributed by atoms with Crippen molar-refractivity contribution in [2.45, 2.75) is 20.0 Å². The number of halogens is 1. The Labute approximate surface area is 61.3 Å². The fourth-order valence-corrected chi connectivity index (χ4v) is 0.516. The van der Waals surface area contributed by atoms with Gasteiger partial charge in [0.2, 0.25) is 0 Å². The van der Waals surface area contributed by atoms with Gasteiger partial charge in [0.15, 0.2) is 0 Å². The van der Waals surface area contributed by atoms with E-state index in [1.807, 2.05) is 13.8 Å². The summed E-state index contributed by atoms with van der Waals surface area (Å²) in [7, 11) is 0. The molecular formula is C7H13ClO. The molecule has 9 heavy (non-hydrogen) atoms. The molecule has 0 aromatic carbocycles. The molecule has 0 aliphatic carbocycles. The van der Waals surface area contributed by atoms with Crippen molar-refractivity contribution in [3.05, 3.63) is 12.2 Å². The third-order valence-electron chi connectivity index (χ3n) is 1.11. The molecule has 0 amide bonds. The van der Waals surface area contributed by atoms with Gasteiger partial charge < -0.3 is 5.11 Å². The van der Waals surface area contributed by atoms with Crippen LogP contribution in [0.4, 0.5) is 0 Å². The second-order valence-corrected chi connectivity index (χ2v) is 2.63. The zero-order chi connectivity index (χ0) is 7.28. The van der Waals surface area contributed by atoms with Gasteiger partial charge in [0, 0.05) is 5.88 Å². The first kappa shape index (κ1) is 8.99. The molecule has 1 atom stereocenters. The van der Waals surface area contributed by atoms with E-state index < -0.39 is 0 Å². The van der Waals surface area contributed by atoms with Crippen LogP contribution in [-0.4, -0.2) is 17.1 Å². The molecule has 0 aliphatic rings. The van der Waals surface area contributed by atoms with Gasteiger partial charge in [-0.3, -0.25) is 0 Å². The topological polar surface area (TPSA) is 20.2 Å². The maximum atomic E-state index is 9.11. The van der Waals surface area contributed by atoms with Gasteiger partial charge in [0.1, 0.15) is 0 Å². The Morgan fingerprint density at radius 1 is 1.56 bits per heavy atom. The zero-order valence-corrected chi connectivity index (χ0v) is 6.60. The lowest BCUT2D eigenvalue weighted by Crippen LogP contribution is -2.10. The predicted octanol–water partition coefficient (Wildman–Crippen LogP) is 1.80. The van der Waals surface area contributed by atoms with Crippen molar-refractivity contribution in [2.75, 3.05) is 5.88 Å². The number of allylic oxidation sites excluding steroid dienone is 1. The summed E-state index contributed by atoms with van der Waals surface area (Å²) in [5.74, 6) is 0.758. The number of alkyl halides is 1. The Morgan fingerprint density at radius 2 is 2.11 bits per heavy atom. The average molecular weight is 149 g/mol. The summed E-state index contributed by atoms with van der Waals surface area (Å²) in [6.07, 6.45) is 3.13. The lowest BCUT2D eigenvalue weighted by molar-refractivity contribution is 0.172. The lowest BCUT2D eigenvalue weighted by Gasteiger charge is -2.07. The third-order valence-corrected chi connectivity index (χ3v) is 1.28. The van der Waals surface area contributed by atoms with Gasteiger partial charge in [-0.05, 0) is 5.92 Å². The Bertz CT molecular complexity index is 88.9. The van der Waals surface area contributed by atoms with E-state index in [-0.39, 0.29) is 12.0 Å². The fraction of sp³-hybridized carbons (Fsp3) is 0.714. The molecular weight excluding hydrogens is 136 g/mol. The van der Waals surface area contributed by atoms with Crippen LogP contribution in [0.2, 0.25) is 0 Å². The molecule has 0 bridgehead atoms. The van der Waals surface area contributed by atoms with Crippen LogP contribution in [0.1, 0.15) is 13.8 Å². The van der Waals surface area contributed by atoms with Crippen LogP contribution in [0.15, 0.2) is 12.2 Å². The highest BCUT2D eigenvalue weighted by Gasteiger charge is 2.02. The van der Waals surface area contributed by atoms with E-state index >= 15 is 0 Å². The Kier molecular flexibility index (Phi) is 4.83. The molecule has 0 aromatic heterocycles. The molecule has 0 aromatic rings. The highest BCUT2D eigenvalue weighted by atomic mass is 35.5. The summed E-state index contributed by atoms with van der Waals surface area (Å²) >= 11 is 5.35. The number of aliphatic hydroxyl groups is 1. The van der Waals surface area contributed by atoms with Crippen LogP contribution < -0.4 is 0 Å². The van der Waals surface area contributed by atoms with Gasteiger partial charge in [-0.15, -0.1) is 11.6 Å². The highest BCUT2D eigenvalue weighted by molar-refractivity contribution is 6.18. The third kappa shape index (κ3) is 4.49. The number of rotatable bonds is 3. The van der Waals surface area contributed by atoms with Crippen LogP contribution >= 0.6 is 11.6 Å². The number of aliphatic hydroxyl groups excluding tert-OH is 1. The summed E-state index contributed by atoms with van der Waals surface area (Å²) in [6.45, 7) is 3.92. The van der Waals surface area contributed by atoms with E-state index in [0.717, 1.165) is 0 Å². The van der Waals surface area contributed by atoms with Crippen molar-refractivity contribution in [2.24, 2.45) is 5.92 Å². The van der Waals surface area contributed by atoms with Crippen molar-refractivity contribution >= 4 is 11.6 Å². The van der Waals surface area contributed by atoms with Crippen LogP contribution in [0.3, 0.4) is 0 Å². The normalized spacial score (nSPS) is 15.2. The minimum Gasteiger partial charge on any atom is -0.389 e. The van der Waals surface area contributed by atoms with E-state index in [1.54, 1.807) is 12.2 Å². The van der Waals surface area contributed by atoms with Gasteiger partial charge in [0.05, 0.1) is 6.10 Å². The van der Waals surface area contributed by atoms with Crippen LogP contribution in [0.25, 0.3) is 0 Å². The SMILES string of the molecule is CC(C)C(O)/C=C\CCl. The Morgan fingerprint density at radius 3 is 2.44 bits per heavy atom. The van der Waals surface area contributed by atoms with Gasteiger partial charge in [-0.25, -0.2) is 0 Å². The molecule has 0 saturated carbocycles. The first-order valence-electron chi connectivity index (χ1n) is 3.09. The summed E-state index contributed by atoms with van der Waals surface area (Å²) in [6, 6.07) is 0. The number of hydrogen-bond donors (Lipinski definition) is 1. The summed E-state index contributed by atoms with van der Waals surface area (Å²) in [4.78, 5) is 0. The van der Waals surface area contributed by atoms with E-state index in [2.05, 4.69) is 0 Å². The average Bonchev–Trinajstić information content (AvgIpc) is 1.82. The molecule has 0 fully saturated rings. The largest absolute Gasteiger partial charge is 0.389 e. The molecule has 1 unspecified atom stereocenters. The minimum atomic E-state index is -0.344. The van der Waals surface area contributed by atoms with Crippen LogP contribution in [0, 0.1) is 5.92 Å².